The van der Waals surface area contributed by atoms with Crippen LogP contribution < -0.4 is 9.47 Å². The summed E-state index contributed by atoms with van der Waals surface area (Å²) in [5.41, 5.74) is 5.83. The number of hydrogen-bond donors (Lipinski definition) is 2. The molecule has 1 saturated heterocycles. The minimum atomic E-state index is -0.525. The first-order chi connectivity index (χ1) is 39.9. The Kier molecular flexibility index (Phi) is 21.8. The molecular formula is C68H83N5O9. The van der Waals surface area contributed by atoms with E-state index in [9.17, 15) is 34.4 Å². The van der Waals surface area contributed by atoms with Crippen molar-refractivity contribution in [1.29, 1.82) is 0 Å². The normalized spacial score (nSPS) is 13.9. The summed E-state index contributed by atoms with van der Waals surface area (Å²) in [7, 11) is 0. The lowest BCUT2D eigenvalue weighted by atomic mass is 9.97. The van der Waals surface area contributed by atoms with Gasteiger partial charge in [0.25, 0.3) is 0 Å². The molecule has 0 amide bonds. The van der Waals surface area contributed by atoms with Crippen LogP contribution in [-0.2, 0) is 22.7 Å². The Labute approximate surface area is 482 Å². The zero-order chi connectivity index (χ0) is 58.1. The van der Waals surface area contributed by atoms with Crippen molar-refractivity contribution < 1.29 is 43.9 Å². The van der Waals surface area contributed by atoms with Crippen LogP contribution in [0.1, 0.15) is 193 Å². The number of benzene rings is 5. The molecule has 7 aromatic rings. The maximum absolute atomic E-state index is 14.2. The lowest BCUT2D eigenvalue weighted by molar-refractivity contribution is -0.136. The van der Waals surface area contributed by atoms with Gasteiger partial charge in [0.15, 0.2) is 5.78 Å². The van der Waals surface area contributed by atoms with Gasteiger partial charge < -0.3 is 33.9 Å². The molecule has 1 aliphatic rings. The van der Waals surface area contributed by atoms with Crippen LogP contribution in [0.15, 0.2) is 107 Å². The summed E-state index contributed by atoms with van der Waals surface area (Å²) in [6.45, 7) is 15.7. The first-order valence-electron chi connectivity index (χ1n) is 30.3. The molecule has 434 valence electrons. The number of carbonyl (C=O) groups is 5. The number of esters is 2. The molecule has 0 radical (unpaired) electrons. The molecule has 14 heteroatoms. The number of unbranched alkanes of at least 4 members (excludes halogenated alkanes) is 5. The van der Waals surface area contributed by atoms with E-state index in [1.807, 2.05) is 67.6 Å². The molecule has 2 unspecified atom stereocenters. The van der Waals surface area contributed by atoms with E-state index in [4.69, 9.17) is 9.47 Å². The van der Waals surface area contributed by atoms with Crippen LogP contribution in [0.5, 0.6) is 11.5 Å². The molecule has 0 saturated carbocycles. The van der Waals surface area contributed by atoms with Gasteiger partial charge >= 0.3 is 11.9 Å². The number of aromatic nitrogens is 2. The molecule has 2 atom stereocenters. The van der Waals surface area contributed by atoms with Gasteiger partial charge in [-0.3, -0.25) is 24.0 Å². The molecule has 14 nitrogen and oxygen atoms in total. The molecule has 0 bridgehead atoms. The van der Waals surface area contributed by atoms with Gasteiger partial charge in [-0.25, -0.2) is 0 Å². The lowest BCUT2D eigenvalue weighted by Gasteiger charge is -2.32. The van der Waals surface area contributed by atoms with Crippen molar-refractivity contribution in [3.8, 4) is 11.5 Å². The number of carbonyl (C=O) groups excluding carboxylic acids is 5. The van der Waals surface area contributed by atoms with E-state index < -0.39 is 11.9 Å². The van der Waals surface area contributed by atoms with Crippen LogP contribution >= 0.6 is 0 Å². The SMILES string of the molecule is CCCCC/C(=N\O)C(=O)c1ccc2c(c1)c1ccc(OC(=O)CCCC(=O)Oc3ccc(C(=O)c4ccc5c(c4)c4cc(C(=O)/C(CCCC)=N/O)ccc4n5CC(CCCC)CCN4CCC4)cc3)cc1n2CC(CC)CCCC. The molecular weight excluding hydrogens is 1030 g/mol. The molecule has 8 rings (SSSR count). The smallest absolute Gasteiger partial charge is 0.311 e. The van der Waals surface area contributed by atoms with Crippen molar-refractivity contribution >= 4 is 84.3 Å². The Hall–Kier alpha value is -7.45. The standard InChI is InChI=1S/C68H83N5O9/c1-6-11-15-21-59(70-80)68(78)50-27-34-60-55(41-50)54-32-31-53(43-63(54)73(60)44-46(10-5)18-12-7-2)82-65(75)23-16-22-64(74)81-52-29-24-48(25-30-52)66(76)49-26-33-61-56(40-49)57-42-51(67(77)58(69-79)20-14-9-4)28-35-62(57)72(61)45-47(19-13-8-3)36-39-71-37-17-38-71/h24-35,40-43,46-47,79-80H,6-23,36-39,44-45H2,1-5H3/b69-58+,70-59+. The fraction of sp³-hybridized carbons (Fsp3) is 0.456. The van der Waals surface area contributed by atoms with Crippen molar-refractivity contribution in [3.05, 3.63) is 119 Å². The third-order valence-corrected chi connectivity index (χ3v) is 16.6. The summed E-state index contributed by atoms with van der Waals surface area (Å²) in [6, 6.07) is 29.0. The number of Topliss-reactive ketones (excluding diaryl/α,β-unsaturated/α-hetero) is 2. The molecule has 1 fully saturated rings. The summed E-state index contributed by atoms with van der Waals surface area (Å²) in [5, 5.41) is 29.8. The second-order valence-electron chi connectivity index (χ2n) is 22.5. The highest BCUT2D eigenvalue weighted by atomic mass is 16.5. The molecule has 0 spiro atoms. The maximum Gasteiger partial charge on any atom is 0.311 e. The molecule has 82 heavy (non-hydrogen) atoms. The molecule has 0 aliphatic carbocycles. The summed E-state index contributed by atoms with van der Waals surface area (Å²) in [4.78, 5) is 70.3. The molecule has 3 heterocycles. The molecule has 2 N–H and O–H groups in total. The summed E-state index contributed by atoms with van der Waals surface area (Å²) in [6.07, 6.45) is 15.2. The third-order valence-electron chi connectivity index (χ3n) is 16.6. The largest absolute Gasteiger partial charge is 0.427 e. The Morgan fingerprint density at radius 2 is 0.963 bits per heavy atom. The number of oxime groups is 2. The van der Waals surface area contributed by atoms with E-state index in [0.29, 0.717) is 52.7 Å². The highest BCUT2D eigenvalue weighted by Crippen LogP contribution is 2.36. The van der Waals surface area contributed by atoms with Gasteiger partial charge in [0.2, 0.25) is 11.6 Å². The number of fused-ring (bicyclic) bond motifs is 6. The Bertz CT molecular complexity index is 3440. The van der Waals surface area contributed by atoms with Crippen LogP contribution in [0.25, 0.3) is 43.6 Å². The van der Waals surface area contributed by atoms with Crippen LogP contribution in [0.4, 0.5) is 0 Å². The molecule has 5 aromatic carbocycles. The fourth-order valence-corrected chi connectivity index (χ4v) is 11.5. The monoisotopic (exact) mass is 1110 g/mol. The molecule has 1 aliphatic heterocycles. The van der Waals surface area contributed by atoms with Crippen LogP contribution in [0.2, 0.25) is 0 Å². The van der Waals surface area contributed by atoms with Gasteiger partial charge in [0, 0.05) is 92.3 Å². The second-order valence-corrected chi connectivity index (χ2v) is 22.5. The first kappa shape index (κ1) is 60.6. The van der Waals surface area contributed by atoms with E-state index in [1.165, 1.54) is 6.42 Å². The summed E-state index contributed by atoms with van der Waals surface area (Å²) in [5.74, 6) is -0.335. The van der Waals surface area contributed by atoms with Crippen molar-refractivity contribution in [2.75, 3.05) is 19.6 Å². The average molecular weight is 1110 g/mol. The topological polar surface area (TPSA) is 182 Å². The maximum atomic E-state index is 14.2. The number of hydrogen-bond acceptors (Lipinski definition) is 12. The Balaban J connectivity index is 0.930. The van der Waals surface area contributed by atoms with E-state index in [-0.39, 0.29) is 53.8 Å². The number of ketones is 3. The Morgan fingerprint density at radius 1 is 0.476 bits per heavy atom. The van der Waals surface area contributed by atoms with Gasteiger partial charge in [0.05, 0.1) is 5.52 Å². The van der Waals surface area contributed by atoms with Gasteiger partial charge in [-0.2, -0.15) is 0 Å². The zero-order valence-corrected chi connectivity index (χ0v) is 48.9. The van der Waals surface area contributed by atoms with Crippen molar-refractivity contribution in [2.45, 2.75) is 170 Å². The van der Waals surface area contributed by atoms with E-state index in [1.54, 1.807) is 36.4 Å². The van der Waals surface area contributed by atoms with Crippen LogP contribution in [0, 0.1) is 11.8 Å². The van der Waals surface area contributed by atoms with Crippen molar-refractivity contribution in [2.24, 2.45) is 22.1 Å². The predicted molar refractivity (Wildman–Crippen MR) is 327 cm³/mol. The van der Waals surface area contributed by atoms with Crippen LogP contribution in [0.3, 0.4) is 0 Å². The zero-order valence-electron chi connectivity index (χ0n) is 48.9. The fourth-order valence-electron chi connectivity index (χ4n) is 11.5. The van der Waals surface area contributed by atoms with Gasteiger partial charge in [-0.1, -0.05) is 96.3 Å². The summed E-state index contributed by atoms with van der Waals surface area (Å²) >= 11 is 0. The third kappa shape index (κ3) is 14.8. The average Bonchev–Trinajstić information content (AvgIpc) is 4.20. The minimum absolute atomic E-state index is 0.0211. The Morgan fingerprint density at radius 3 is 1.51 bits per heavy atom. The van der Waals surface area contributed by atoms with E-state index in [2.05, 4.69) is 52.0 Å². The first-order valence-corrected chi connectivity index (χ1v) is 30.3. The highest BCUT2D eigenvalue weighted by Gasteiger charge is 2.24. The van der Waals surface area contributed by atoms with E-state index >= 15 is 0 Å². The van der Waals surface area contributed by atoms with Crippen molar-refractivity contribution in [3.63, 3.8) is 0 Å². The van der Waals surface area contributed by atoms with Crippen LogP contribution in [-0.4, -0.2) is 84.8 Å². The van der Waals surface area contributed by atoms with Gasteiger partial charge in [-0.15, -0.1) is 0 Å². The molecule has 2 aromatic heterocycles. The lowest BCUT2D eigenvalue weighted by Crippen LogP contribution is -2.38. The number of nitrogens with zero attached hydrogens (tertiary/aromatic N) is 5. The van der Waals surface area contributed by atoms with Crippen molar-refractivity contribution in [1.82, 2.24) is 14.0 Å². The van der Waals surface area contributed by atoms with Gasteiger partial charge in [-0.05, 0) is 180 Å². The van der Waals surface area contributed by atoms with E-state index in [0.717, 1.165) is 160 Å². The number of likely N-dealkylation sites (tertiary alicyclic amines) is 1. The minimum Gasteiger partial charge on any atom is -0.427 e. The predicted octanol–water partition coefficient (Wildman–Crippen LogP) is 15.7. The quantitative estimate of drug-likeness (QED) is 0.00764. The number of ether oxygens (including phenoxy) is 2. The second kappa shape index (κ2) is 29.5. The summed E-state index contributed by atoms with van der Waals surface area (Å²) < 4.78 is 16.1. The highest BCUT2D eigenvalue weighted by molar-refractivity contribution is 6.46. The van der Waals surface area contributed by atoms with Gasteiger partial charge in [0.1, 0.15) is 22.9 Å². The number of rotatable bonds is 33.